The van der Waals surface area contributed by atoms with Gasteiger partial charge in [0.25, 0.3) is 0 Å². The highest BCUT2D eigenvalue weighted by atomic mass is 16.2. The van der Waals surface area contributed by atoms with E-state index in [1.54, 1.807) is 0 Å². The molecule has 1 fully saturated rings. The molecule has 17 heavy (non-hydrogen) atoms. The van der Waals surface area contributed by atoms with Gasteiger partial charge in [0.15, 0.2) is 0 Å². The van der Waals surface area contributed by atoms with Gasteiger partial charge in [0, 0.05) is 38.0 Å². The molecule has 4 heteroatoms. The van der Waals surface area contributed by atoms with Crippen LogP contribution in [0.5, 0.6) is 0 Å². The summed E-state index contributed by atoms with van der Waals surface area (Å²) in [5, 5.41) is 0. The van der Waals surface area contributed by atoms with Gasteiger partial charge in [0.1, 0.15) is 0 Å². The Hall–Kier alpha value is -1.06. The van der Waals surface area contributed by atoms with E-state index in [0.717, 1.165) is 19.5 Å². The van der Waals surface area contributed by atoms with E-state index in [2.05, 4.69) is 0 Å². The normalized spacial score (nSPS) is 17.9. The van der Waals surface area contributed by atoms with E-state index in [0.29, 0.717) is 19.5 Å². The summed E-state index contributed by atoms with van der Waals surface area (Å²) < 4.78 is 0. The molecule has 2 amide bonds. The Morgan fingerprint density at radius 1 is 1.00 bits per heavy atom. The van der Waals surface area contributed by atoms with E-state index in [1.807, 2.05) is 37.5 Å². The first-order valence-corrected chi connectivity index (χ1v) is 6.43. The second-order valence-corrected chi connectivity index (χ2v) is 5.63. The smallest absolute Gasteiger partial charge is 0.228 e. The molecule has 0 atom stereocenters. The zero-order valence-electron chi connectivity index (χ0n) is 11.5. The minimum Gasteiger partial charge on any atom is -0.341 e. The van der Waals surface area contributed by atoms with Gasteiger partial charge in [-0.3, -0.25) is 9.59 Å². The highest BCUT2D eigenvalue weighted by Crippen LogP contribution is 2.18. The van der Waals surface area contributed by atoms with Crippen LogP contribution in [-0.4, -0.2) is 47.8 Å². The summed E-state index contributed by atoms with van der Waals surface area (Å²) in [5.74, 6) is 0.373. The summed E-state index contributed by atoms with van der Waals surface area (Å²) in [7, 11) is 0. The Bertz CT molecular complexity index is 294. The van der Waals surface area contributed by atoms with E-state index in [-0.39, 0.29) is 17.2 Å². The molecule has 0 saturated carbocycles. The van der Waals surface area contributed by atoms with Gasteiger partial charge in [0.2, 0.25) is 11.8 Å². The van der Waals surface area contributed by atoms with Gasteiger partial charge in [-0.25, -0.2) is 0 Å². The van der Waals surface area contributed by atoms with Gasteiger partial charge < -0.3 is 9.80 Å². The minimum atomic E-state index is -0.329. The molecule has 1 heterocycles. The molecule has 0 aromatic carbocycles. The molecular formula is C13H24N2O2. The molecule has 4 nitrogen and oxygen atoms in total. The van der Waals surface area contributed by atoms with Crippen LogP contribution in [0, 0.1) is 5.41 Å². The Balaban J connectivity index is 2.59. The molecule has 1 saturated heterocycles. The molecule has 0 spiro atoms. The van der Waals surface area contributed by atoms with Crippen LogP contribution in [0.3, 0.4) is 0 Å². The number of hydrogen-bond donors (Lipinski definition) is 0. The SMILES string of the molecule is CCC(=O)N1CCCN(C(=O)C(C)(C)C)CC1. The van der Waals surface area contributed by atoms with E-state index in [1.165, 1.54) is 0 Å². The van der Waals surface area contributed by atoms with Crippen LogP contribution in [0.4, 0.5) is 0 Å². The number of hydrogen-bond acceptors (Lipinski definition) is 2. The van der Waals surface area contributed by atoms with Gasteiger partial charge in [-0.15, -0.1) is 0 Å². The number of carbonyl (C=O) groups is 2. The highest BCUT2D eigenvalue weighted by Gasteiger charge is 2.29. The van der Waals surface area contributed by atoms with Crippen molar-refractivity contribution in [2.24, 2.45) is 5.41 Å². The molecule has 0 aliphatic carbocycles. The maximum Gasteiger partial charge on any atom is 0.228 e. The summed E-state index contributed by atoms with van der Waals surface area (Å²) >= 11 is 0. The lowest BCUT2D eigenvalue weighted by Gasteiger charge is -2.28. The molecular weight excluding hydrogens is 216 g/mol. The van der Waals surface area contributed by atoms with Crippen LogP contribution in [0.2, 0.25) is 0 Å². The first kappa shape index (κ1) is 14.0. The number of nitrogens with zero attached hydrogens (tertiary/aromatic N) is 2. The predicted molar refractivity (Wildman–Crippen MR) is 67.5 cm³/mol. The third kappa shape index (κ3) is 3.72. The first-order chi connectivity index (χ1) is 7.86. The zero-order chi connectivity index (χ0) is 13.1. The van der Waals surface area contributed by atoms with Crippen molar-refractivity contribution in [3.8, 4) is 0 Å². The van der Waals surface area contributed by atoms with Crippen molar-refractivity contribution in [2.75, 3.05) is 26.2 Å². The lowest BCUT2D eigenvalue weighted by Crippen LogP contribution is -2.42. The van der Waals surface area contributed by atoms with Crippen LogP contribution < -0.4 is 0 Å². The molecule has 1 aliphatic rings. The van der Waals surface area contributed by atoms with E-state index < -0.39 is 0 Å². The molecule has 0 N–H and O–H groups in total. The van der Waals surface area contributed by atoms with Gasteiger partial charge in [-0.1, -0.05) is 27.7 Å². The Morgan fingerprint density at radius 3 is 2.06 bits per heavy atom. The first-order valence-electron chi connectivity index (χ1n) is 6.43. The van der Waals surface area contributed by atoms with E-state index >= 15 is 0 Å². The standard InChI is InChI=1S/C13H24N2O2/c1-5-11(16)14-7-6-8-15(10-9-14)12(17)13(2,3)4/h5-10H2,1-4H3. The third-order valence-electron chi connectivity index (χ3n) is 3.08. The van der Waals surface area contributed by atoms with Crippen molar-refractivity contribution in [3.63, 3.8) is 0 Å². The average Bonchev–Trinajstić information content (AvgIpc) is 2.51. The van der Waals surface area contributed by atoms with Crippen LogP contribution in [-0.2, 0) is 9.59 Å². The van der Waals surface area contributed by atoms with Gasteiger partial charge in [0.05, 0.1) is 0 Å². The Kier molecular flexibility index (Phi) is 4.54. The fourth-order valence-corrected chi connectivity index (χ4v) is 2.07. The molecule has 1 aliphatic heterocycles. The van der Waals surface area contributed by atoms with Gasteiger partial charge >= 0.3 is 0 Å². The summed E-state index contributed by atoms with van der Waals surface area (Å²) in [6.45, 7) is 10.6. The zero-order valence-corrected chi connectivity index (χ0v) is 11.5. The van der Waals surface area contributed by atoms with Crippen molar-refractivity contribution in [2.45, 2.75) is 40.5 Å². The third-order valence-corrected chi connectivity index (χ3v) is 3.08. The molecule has 0 unspecified atom stereocenters. The summed E-state index contributed by atoms with van der Waals surface area (Å²) in [6.07, 6.45) is 1.43. The van der Waals surface area contributed by atoms with Crippen LogP contribution in [0.1, 0.15) is 40.5 Å². The minimum absolute atomic E-state index is 0.184. The van der Waals surface area contributed by atoms with Gasteiger partial charge in [-0.05, 0) is 6.42 Å². The molecule has 0 aromatic rings. The summed E-state index contributed by atoms with van der Waals surface area (Å²) in [5.41, 5.74) is -0.329. The topological polar surface area (TPSA) is 40.6 Å². The summed E-state index contributed by atoms with van der Waals surface area (Å²) in [4.78, 5) is 27.5. The maximum atomic E-state index is 12.1. The second kappa shape index (κ2) is 5.52. The number of carbonyl (C=O) groups excluding carboxylic acids is 2. The van der Waals surface area contributed by atoms with E-state index in [4.69, 9.17) is 0 Å². The quantitative estimate of drug-likeness (QED) is 0.697. The molecule has 0 bridgehead atoms. The predicted octanol–water partition coefficient (Wildman–Crippen LogP) is 1.50. The summed E-state index contributed by atoms with van der Waals surface area (Å²) in [6, 6.07) is 0. The molecule has 0 aromatic heterocycles. The van der Waals surface area contributed by atoms with Crippen LogP contribution >= 0.6 is 0 Å². The fourth-order valence-electron chi connectivity index (χ4n) is 2.07. The van der Waals surface area contributed by atoms with Crippen LogP contribution in [0.25, 0.3) is 0 Å². The molecule has 98 valence electrons. The van der Waals surface area contributed by atoms with Gasteiger partial charge in [-0.2, -0.15) is 0 Å². The molecule has 1 rings (SSSR count). The number of amides is 2. The van der Waals surface area contributed by atoms with Crippen molar-refractivity contribution in [1.29, 1.82) is 0 Å². The molecule has 0 radical (unpaired) electrons. The maximum absolute atomic E-state index is 12.1. The average molecular weight is 240 g/mol. The lowest BCUT2D eigenvalue weighted by molar-refractivity contribution is -0.139. The van der Waals surface area contributed by atoms with Crippen molar-refractivity contribution >= 4 is 11.8 Å². The second-order valence-electron chi connectivity index (χ2n) is 5.63. The highest BCUT2D eigenvalue weighted by molar-refractivity contribution is 5.81. The number of rotatable bonds is 1. The van der Waals surface area contributed by atoms with E-state index in [9.17, 15) is 9.59 Å². The van der Waals surface area contributed by atoms with Crippen LogP contribution in [0.15, 0.2) is 0 Å². The Morgan fingerprint density at radius 2 is 1.53 bits per heavy atom. The van der Waals surface area contributed by atoms with Crippen molar-refractivity contribution < 1.29 is 9.59 Å². The van der Waals surface area contributed by atoms with Crippen molar-refractivity contribution in [3.05, 3.63) is 0 Å². The lowest BCUT2D eigenvalue weighted by atomic mass is 9.94. The van der Waals surface area contributed by atoms with Crippen molar-refractivity contribution in [1.82, 2.24) is 9.80 Å². The Labute approximate surface area is 104 Å². The largest absolute Gasteiger partial charge is 0.341 e. The monoisotopic (exact) mass is 240 g/mol. The fraction of sp³-hybridized carbons (Fsp3) is 0.846.